The lowest BCUT2D eigenvalue weighted by Crippen LogP contribution is -2.49. The molecule has 0 saturated carbocycles. The maximum absolute atomic E-state index is 12.8. The molecule has 0 aromatic heterocycles. The molecule has 168 valence electrons. The molecule has 0 bridgehead atoms. The first-order valence-electron chi connectivity index (χ1n) is 10.9. The molecule has 2 rings (SSSR count). The Balaban J connectivity index is 1.87. The topological polar surface area (TPSA) is 78.9 Å². The summed E-state index contributed by atoms with van der Waals surface area (Å²) in [7, 11) is 0. The zero-order valence-corrected chi connectivity index (χ0v) is 19.5. The summed E-state index contributed by atoms with van der Waals surface area (Å²) in [6, 6.07) is 6.79. The van der Waals surface area contributed by atoms with Gasteiger partial charge in [-0.25, -0.2) is 4.79 Å². The Hall–Kier alpha value is -1.73. The molecule has 2 N–H and O–H groups in total. The van der Waals surface area contributed by atoms with E-state index in [2.05, 4.69) is 12.2 Å². The van der Waals surface area contributed by atoms with Crippen LogP contribution in [0.4, 0.5) is 10.5 Å². The van der Waals surface area contributed by atoms with Crippen LogP contribution in [0.15, 0.2) is 24.3 Å². The number of unbranched alkanes of at least 4 members (excludes halogenated alkanes) is 3. The average molecular weight is 437 g/mol. The number of carbonyl (C=O) groups excluding carboxylic acids is 2. The molecule has 6 nitrogen and oxygen atoms in total. The van der Waals surface area contributed by atoms with Crippen LogP contribution in [-0.4, -0.2) is 52.1 Å². The fraction of sp³-hybridized carbons (Fsp3) is 0.652. The van der Waals surface area contributed by atoms with Gasteiger partial charge < -0.3 is 15.2 Å². The van der Waals surface area contributed by atoms with Crippen molar-refractivity contribution in [3.63, 3.8) is 0 Å². The number of thioether (sulfide) groups is 1. The van der Waals surface area contributed by atoms with Gasteiger partial charge in [0, 0.05) is 18.0 Å². The van der Waals surface area contributed by atoms with Crippen molar-refractivity contribution in [2.45, 2.75) is 83.3 Å². The quantitative estimate of drug-likeness (QED) is 0.543. The smallest absolute Gasteiger partial charge is 0.411 e. The highest BCUT2D eigenvalue weighted by molar-refractivity contribution is 7.98. The fourth-order valence-electron chi connectivity index (χ4n) is 3.34. The maximum atomic E-state index is 12.8. The molecular weight excluding hydrogens is 400 g/mol. The Morgan fingerprint density at radius 2 is 1.90 bits per heavy atom. The number of likely N-dealkylation sites (tertiary alicyclic amines) is 1. The van der Waals surface area contributed by atoms with E-state index in [-0.39, 0.29) is 0 Å². The molecule has 30 heavy (non-hydrogen) atoms. The molecule has 2 atom stereocenters. The van der Waals surface area contributed by atoms with Crippen molar-refractivity contribution in [2.24, 2.45) is 0 Å². The fourth-order valence-corrected chi connectivity index (χ4v) is 4.32. The zero-order chi connectivity index (χ0) is 22.1. The van der Waals surface area contributed by atoms with E-state index < -0.39 is 29.7 Å². The Bertz CT molecular complexity index is 687. The molecule has 1 saturated heterocycles. The van der Waals surface area contributed by atoms with Crippen molar-refractivity contribution in [3.8, 4) is 0 Å². The molecule has 2 amide bonds. The highest BCUT2D eigenvalue weighted by Gasteiger charge is 2.42. The molecule has 0 unspecified atom stereocenters. The number of nitrogens with zero attached hydrogens (tertiary/aromatic N) is 1. The molecule has 0 spiro atoms. The predicted molar refractivity (Wildman–Crippen MR) is 123 cm³/mol. The number of aliphatic hydroxyl groups excluding tert-OH is 1. The van der Waals surface area contributed by atoms with E-state index in [1.807, 2.05) is 36.0 Å². The second kappa shape index (κ2) is 11.6. The average Bonchev–Trinajstić information content (AvgIpc) is 3.06. The van der Waals surface area contributed by atoms with E-state index in [9.17, 15) is 14.7 Å². The summed E-state index contributed by atoms with van der Waals surface area (Å²) < 4.78 is 5.38. The minimum absolute atomic E-state index is 0.294. The molecule has 1 aromatic rings. The monoisotopic (exact) mass is 436 g/mol. The summed E-state index contributed by atoms with van der Waals surface area (Å²) >= 11 is 1.93. The number of rotatable bonds is 9. The minimum Gasteiger partial charge on any atom is -0.444 e. The predicted octanol–water partition coefficient (Wildman–Crippen LogP) is 4.81. The number of hydrogen-bond acceptors (Lipinski definition) is 5. The van der Waals surface area contributed by atoms with E-state index in [1.54, 1.807) is 20.8 Å². The number of benzene rings is 1. The van der Waals surface area contributed by atoms with Crippen LogP contribution >= 0.6 is 11.8 Å². The van der Waals surface area contributed by atoms with Crippen molar-refractivity contribution >= 4 is 29.4 Å². The van der Waals surface area contributed by atoms with Gasteiger partial charge in [-0.05, 0) is 57.1 Å². The van der Waals surface area contributed by atoms with E-state index in [4.69, 9.17) is 4.74 Å². The normalized spacial score (nSPS) is 19.0. The molecule has 0 radical (unpaired) electrons. The van der Waals surface area contributed by atoms with Gasteiger partial charge in [-0.2, -0.15) is 11.8 Å². The number of carbonyl (C=O) groups is 2. The van der Waals surface area contributed by atoms with Crippen LogP contribution in [0.3, 0.4) is 0 Å². The summed E-state index contributed by atoms with van der Waals surface area (Å²) in [5, 5.41) is 13.1. The SMILES string of the molecule is CCCCCCSCc1ccc(NC(=O)[C@@H]2[C@@H](O)CCN2C(=O)OC(C)(C)C)cc1. The van der Waals surface area contributed by atoms with Gasteiger partial charge in [0.1, 0.15) is 11.6 Å². The van der Waals surface area contributed by atoms with Gasteiger partial charge in [-0.15, -0.1) is 0 Å². The van der Waals surface area contributed by atoms with Gasteiger partial charge in [0.15, 0.2) is 0 Å². The van der Waals surface area contributed by atoms with E-state index in [0.29, 0.717) is 18.7 Å². The van der Waals surface area contributed by atoms with Crippen molar-refractivity contribution in [3.05, 3.63) is 29.8 Å². The summed E-state index contributed by atoms with van der Waals surface area (Å²) in [6.07, 6.45) is 3.98. The first-order chi connectivity index (χ1) is 14.2. The molecule has 1 fully saturated rings. The molecule has 1 aliphatic rings. The maximum Gasteiger partial charge on any atom is 0.411 e. The Labute approximate surface area is 184 Å². The first kappa shape index (κ1) is 24.5. The van der Waals surface area contributed by atoms with Crippen LogP contribution < -0.4 is 5.32 Å². The van der Waals surface area contributed by atoms with E-state index in [0.717, 1.165) is 5.75 Å². The molecule has 1 aromatic carbocycles. The van der Waals surface area contributed by atoms with Crippen LogP contribution in [0.5, 0.6) is 0 Å². The lowest BCUT2D eigenvalue weighted by Gasteiger charge is -2.28. The minimum atomic E-state index is -0.946. The van der Waals surface area contributed by atoms with Crippen molar-refractivity contribution < 1.29 is 19.4 Å². The number of aliphatic hydroxyl groups is 1. The molecular formula is C23H36N2O4S. The second-order valence-corrected chi connectivity index (χ2v) is 9.88. The van der Waals surface area contributed by atoms with Crippen molar-refractivity contribution in [2.75, 3.05) is 17.6 Å². The zero-order valence-electron chi connectivity index (χ0n) is 18.6. The van der Waals surface area contributed by atoms with Crippen LogP contribution in [0.1, 0.15) is 65.4 Å². The standard InChI is InChI=1S/C23H36N2O4S/c1-5-6-7-8-15-30-16-17-9-11-18(12-10-17)24-21(27)20-19(26)13-14-25(20)22(28)29-23(2,3)4/h9-12,19-20,26H,5-8,13-16H2,1-4H3,(H,24,27)/t19-,20-/m0/s1. The van der Waals surface area contributed by atoms with Crippen LogP contribution in [0.2, 0.25) is 0 Å². The Kier molecular flexibility index (Phi) is 9.49. The van der Waals surface area contributed by atoms with Gasteiger partial charge in [-0.3, -0.25) is 9.69 Å². The Morgan fingerprint density at radius 3 is 2.53 bits per heavy atom. The van der Waals surface area contributed by atoms with E-state index in [1.165, 1.54) is 41.9 Å². The largest absolute Gasteiger partial charge is 0.444 e. The summed E-state index contributed by atoms with van der Waals surface area (Å²) in [5.74, 6) is 1.72. The third kappa shape index (κ3) is 7.84. The van der Waals surface area contributed by atoms with E-state index >= 15 is 0 Å². The van der Waals surface area contributed by atoms with Crippen LogP contribution in [0, 0.1) is 0 Å². The van der Waals surface area contributed by atoms with Gasteiger partial charge >= 0.3 is 6.09 Å². The van der Waals surface area contributed by atoms with Gasteiger partial charge in [0.05, 0.1) is 6.10 Å². The number of hydrogen-bond donors (Lipinski definition) is 2. The first-order valence-corrected chi connectivity index (χ1v) is 12.0. The van der Waals surface area contributed by atoms with Crippen molar-refractivity contribution in [1.82, 2.24) is 4.90 Å². The van der Waals surface area contributed by atoms with Gasteiger partial charge in [-0.1, -0.05) is 38.3 Å². The van der Waals surface area contributed by atoms with Crippen molar-refractivity contribution in [1.29, 1.82) is 0 Å². The van der Waals surface area contributed by atoms with Crippen LogP contribution in [0.25, 0.3) is 0 Å². The Morgan fingerprint density at radius 1 is 1.20 bits per heavy atom. The number of anilines is 1. The highest BCUT2D eigenvalue weighted by atomic mass is 32.2. The van der Waals surface area contributed by atoms with Gasteiger partial charge in [0.2, 0.25) is 5.91 Å². The van der Waals surface area contributed by atoms with Crippen LogP contribution in [-0.2, 0) is 15.3 Å². The number of nitrogens with one attached hydrogen (secondary N) is 1. The summed E-state index contributed by atoms with van der Waals surface area (Å²) in [6.45, 7) is 7.84. The summed E-state index contributed by atoms with van der Waals surface area (Å²) in [5.41, 5.74) is 1.21. The number of amides is 2. The molecule has 1 aliphatic heterocycles. The second-order valence-electron chi connectivity index (χ2n) is 8.77. The van der Waals surface area contributed by atoms with Gasteiger partial charge in [0.25, 0.3) is 0 Å². The lowest BCUT2D eigenvalue weighted by molar-refractivity contribution is -0.122. The lowest BCUT2D eigenvalue weighted by atomic mass is 10.1. The molecule has 1 heterocycles. The third-order valence-electron chi connectivity index (χ3n) is 4.90. The summed E-state index contributed by atoms with van der Waals surface area (Å²) in [4.78, 5) is 26.5. The molecule has 0 aliphatic carbocycles. The highest BCUT2D eigenvalue weighted by Crippen LogP contribution is 2.23. The third-order valence-corrected chi connectivity index (χ3v) is 6.01. The number of ether oxygens (including phenoxy) is 1. The molecule has 7 heteroatoms.